The molecule has 1 aromatic heterocycles. The second-order valence-corrected chi connectivity index (χ2v) is 12.0. The summed E-state index contributed by atoms with van der Waals surface area (Å²) in [5, 5.41) is 6.80. The SMILES string of the molecule is CC(C)C[C@H](NC(=O)c1ccc(-c2nc(N3CCN(C)CC3)sc2F)cc1)C(=O)N1C[C@@H](N=[N+]=[N-])[C@H]2OCC(=O)[C@H]21. The quantitative estimate of drug-likeness (QED) is 0.285. The first kappa shape index (κ1) is 28.9. The summed E-state index contributed by atoms with van der Waals surface area (Å²) in [6.45, 7) is 7.09. The first-order chi connectivity index (χ1) is 19.7. The summed E-state index contributed by atoms with van der Waals surface area (Å²) in [5.41, 5.74) is 10.0. The van der Waals surface area contributed by atoms with Gasteiger partial charge >= 0.3 is 0 Å². The van der Waals surface area contributed by atoms with E-state index in [2.05, 4.69) is 37.2 Å². The Balaban J connectivity index is 1.29. The number of hydrogen-bond donors (Lipinski definition) is 1. The van der Waals surface area contributed by atoms with E-state index in [1.54, 1.807) is 24.3 Å². The van der Waals surface area contributed by atoms with Crippen molar-refractivity contribution in [2.45, 2.75) is 44.5 Å². The number of rotatable bonds is 8. The predicted octanol–water partition coefficient (Wildman–Crippen LogP) is 2.70. The van der Waals surface area contributed by atoms with E-state index in [0.717, 1.165) is 37.5 Å². The maximum Gasteiger partial charge on any atom is 0.251 e. The van der Waals surface area contributed by atoms with Gasteiger partial charge < -0.3 is 24.8 Å². The topological polar surface area (TPSA) is 144 Å². The molecule has 4 atom stereocenters. The van der Waals surface area contributed by atoms with E-state index >= 15 is 0 Å². The van der Waals surface area contributed by atoms with Gasteiger partial charge in [0.2, 0.25) is 11.0 Å². The number of ketones is 1. The van der Waals surface area contributed by atoms with Gasteiger partial charge in [-0.15, -0.1) is 0 Å². The molecule has 3 saturated heterocycles. The summed E-state index contributed by atoms with van der Waals surface area (Å²) in [6, 6.07) is 4.03. The Morgan fingerprint density at radius 3 is 2.61 bits per heavy atom. The lowest BCUT2D eigenvalue weighted by Gasteiger charge is -2.31. The van der Waals surface area contributed by atoms with Crippen LogP contribution in [0.2, 0.25) is 0 Å². The van der Waals surface area contributed by atoms with Crippen LogP contribution in [0.5, 0.6) is 0 Å². The van der Waals surface area contributed by atoms with Crippen LogP contribution in [-0.2, 0) is 14.3 Å². The number of hydrogen-bond acceptors (Lipinski definition) is 9. The smallest absolute Gasteiger partial charge is 0.251 e. The van der Waals surface area contributed by atoms with Crippen molar-refractivity contribution in [2.24, 2.45) is 11.0 Å². The molecule has 0 bridgehead atoms. The lowest BCUT2D eigenvalue weighted by molar-refractivity contribution is -0.138. The summed E-state index contributed by atoms with van der Waals surface area (Å²) in [5.74, 6) is -1.08. The van der Waals surface area contributed by atoms with Crippen molar-refractivity contribution in [3.63, 3.8) is 0 Å². The number of carbonyl (C=O) groups excluding carboxylic acids is 3. The van der Waals surface area contributed by atoms with Crippen LogP contribution in [0.1, 0.15) is 30.6 Å². The lowest BCUT2D eigenvalue weighted by atomic mass is 10.0. The molecule has 1 aromatic carbocycles. The summed E-state index contributed by atoms with van der Waals surface area (Å²) >= 11 is 1.02. The number of benzene rings is 1. The van der Waals surface area contributed by atoms with E-state index in [-0.39, 0.29) is 35.7 Å². The van der Waals surface area contributed by atoms with Crippen molar-refractivity contribution in [1.82, 2.24) is 20.1 Å². The molecule has 0 unspecified atom stereocenters. The van der Waals surface area contributed by atoms with Gasteiger partial charge in [-0.25, -0.2) is 4.98 Å². The fourth-order valence-corrected chi connectivity index (χ4v) is 6.41. The maximum atomic E-state index is 14.9. The largest absolute Gasteiger partial charge is 0.367 e. The third-order valence-corrected chi connectivity index (χ3v) is 8.62. The number of likely N-dealkylation sites (N-methyl/N-ethyl adjacent to an activating group) is 1. The zero-order valence-corrected chi connectivity index (χ0v) is 24.0. The predicted molar refractivity (Wildman–Crippen MR) is 151 cm³/mol. The molecule has 12 nitrogen and oxygen atoms in total. The molecule has 218 valence electrons. The number of azide groups is 1. The van der Waals surface area contributed by atoms with Crippen molar-refractivity contribution < 1.29 is 23.5 Å². The molecular formula is C27H33FN8O4S. The molecule has 0 spiro atoms. The highest BCUT2D eigenvalue weighted by molar-refractivity contribution is 7.14. The van der Waals surface area contributed by atoms with Crippen molar-refractivity contribution in [2.75, 3.05) is 51.3 Å². The second-order valence-electron chi connectivity index (χ2n) is 11.1. The highest BCUT2D eigenvalue weighted by Gasteiger charge is 2.53. The van der Waals surface area contributed by atoms with Gasteiger partial charge in [-0.05, 0) is 37.1 Å². The molecule has 2 aromatic rings. The van der Waals surface area contributed by atoms with Crippen molar-refractivity contribution in [1.29, 1.82) is 0 Å². The van der Waals surface area contributed by atoms with Crippen LogP contribution in [0.25, 0.3) is 21.7 Å². The number of nitrogens with zero attached hydrogens (tertiary/aromatic N) is 7. The fraction of sp³-hybridized carbons (Fsp3) is 0.556. The minimum absolute atomic E-state index is 0.0401. The van der Waals surface area contributed by atoms with Gasteiger partial charge in [0.15, 0.2) is 10.9 Å². The van der Waals surface area contributed by atoms with Crippen LogP contribution < -0.4 is 10.2 Å². The number of fused-ring (bicyclic) bond motifs is 1. The van der Waals surface area contributed by atoms with Crippen LogP contribution >= 0.6 is 11.3 Å². The van der Waals surface area contributed by atoms with Gasteiger partial charge in [0.05, 0.1) is 12.1 Å². The summed E-state index contributed by atoms with van der Waals surface area (Å²) in [4.78, 5) is 52.4. The van der Waals surface area contributed by atoms with Crippen LogP contribution in [0.4, 0.5) is 9.52 Å². The van der Waals surface area contributed by atoms with Gasteiger partial charge in [-0.1, -0.05) is 42.4 Å². The van der Waals surface area contributed by atoms with E-state index in [9.17, 15) is 18.8 Å². The van der Waals surface area contributed by atoms with Gasteiger partial charge in [-0.2, -0.15) is 4.39 Å². The lowest BCUT2D eigenvalue weighted by Crippen LogP contribution is -2.52. The number of carbonyl (C=O) groups is 3. The molecular weight excluding hydrogens is 551 g/mol. The molecule has 1 N–H and O–H groups in total. The molecule has 14 heteroatoms. The molecule has 5 rings (SSSR count). The third kappa shape index (κ3) is 6.05. The fourth-order valence-electron chi connectivity index (χ4n) is 5.54. The Hall–Kier alpha value is -3.58. The summed E-state index contributed by atoms with van der Waals surface area (Å²) in [7, 11) is 2.05. The molecule has 0 saturated carbocycles. The average Bonchev–Trinajstić information content (AvgIpc) is 3.63. The number of thiazole rings is 1. The number of piperazine rings is 1. The Morgan fingerprint density at radius 1 is 1.24 bits per heavy atom. The number of nitrogens with one attached hydrogen (secondary N) is 1. The maximum absolute atomic E-state index is 14.9. The number of amides is 2. The second kappa shape index (κ2) is 12.1. The number of ether oxygens (including phenoxy) is 1. The van der Waals surface area contributed by atoms with E-state index in [4.69, 9.17) is 10.3 Å². The van der Waals surface area contributed by atoms with Crippen molar-refractivity contribution in [3.05, 3.63) is 45.4 Å². The van der Waals surface area contributed by atoms with Crippen molar-refractivity contribution >= 4 is 34.1 Å². The molecule has 3 fully saturated rings. The molecule has 4 heterocycles. The van der Waals surface area contributed by atoms with E-state index in [1.807, 2.05) is 13.8 Å². The number of likely N-dealkylation sites (tertiary alicyclic amines) is 1. The van der Waals surface area contributed by atoms with Gasteiger partial charge in [0, 0.05) is 48.8 Å². The van der Waals surface area contributed by atoms with E-state index < -0.39 is 36.0 Å². The van der Waals surface area contributed by atoms with Crippen LogP contribution in [0, 0.1) is 11.0 Å². The average molecular weight is 585 g/mol. The molecule has 41 heavy (non-hydrogen) atoms. The third-order valence-electron chi connectivity index (χ3n) is 7.72. The monoisotopic (exact) mass is 584 g/mol. The normalized spacial score (nSPS) is 23.4. The highest BCUT2D eigenvalue weighted by Crippen LogP contribution is 2.33. The first-order valence-electron chi connectivity index (χ1n) is 13.7. The first-order valence-corrected chi connectivity index (χ1v) is 14.5. The minimum atomic E-state index is -0.900. The molecule has 0 radical (unpaired) electrons. The van der Waals surface area contributed by atoms with Gasteiger partial charge in [0.1, 0.15) is 24.4 Å². The number of Topliss-reactive ketones (excluding diaryl/α,β-unsaturated/α-hetero) is 1. The van der Waals surface area contributed by atoms with E-state index in [0.29, 0.717) is 22.7 Å². The van der Waals surface area contributed by atoms with Gasteiger partial charge in [-0.3, -0.25) is 14.4 Å². The zero-order chi connectivity index (χ0) is 29.3. The van der Waals surface area contributed by atoms with E-state index in [1.165, 1.54) is 4.90 Å². The van der Waals surface area contributed by atoms with Gasteiger partial charge in [0.25, 0.3) is 5.91 Å². The number of halogens is 1. The zero-order valence-electron chi connectivity index (χ0n) is 23.2. The van der Waals surface area contributed by atoms with Crippen LogP contribution in [0.15, 0.2) is 29.4 Å². The molecule has 3 aliphatic heterocycles. The number of anilines is 1. The molecule has 2 amide bonds. The Kier molecular flexibility index (Phi) is 8.55. The van der Waals surface area contributed by atoms with Crippen LogP contribution in [-0.4, -0.2) is 103 Å². The Morgan fingerprint density at radius 2 is 1.95 bits per heavy atom. The Labute approximate surface area is 241 Å². The van der Waals surface area contributed by atoms with Crippen LogP contribution in [0.3, 0.4) is 0 Å². The summed E-state index contributed by atoms with van der Waals surface area (Å²) < 4.78 is 20.4. The highest BCUT2D eigenvalue weighted by atomic mass is 32.1. The standard InChI is InChI=1S/C27H33FN8O4S/c1-15(2)12-18(26(39)36-13-19(32-33-29)23-22(36)20(37)14-40-23)30-25(38)17-6-4-16(5-7-17)21-24(28)41-27(31-21)35-10-8-34(3)9-11-35/h4-7,15,18-19,22-23H,8-14H2,1-3H3,(H,30,38)/t18-,19+,22+,23+/m0/s1. The summed E-state index contributed by atoms with van der Waals surface area (Å²) in [6.07, 6.45) is -0.343. The Bertz CT molecular complexity index is 1350. The number of aromatic nitrogens is 1. The molecule has 3 aliphatic rings. The minimum Gasteiger partial charge on any atom is -0.367 e. The molecule has 0 aliphatic carbocycles. The van der Waals surface area contributed by atoms with Crippen molar-refractivity contribution in [3.8, 4) is 11.3 Å².